The Balaban J connectivity index is 2.03. The lowest BCUT2D eigenvalue weighted by Gasteiger charge is -2.39. The van der Waals surface area contributed by atoms with Crippen molar-refractivity contribution in [1.82, 2.24) is 10.2 Å². The summed E-state index contributed by atoms with van der Waals surface area (Å²) in [4.78, 5) is 38.6. The van der Waals surface area contributed by atoms with Gasteiger partial charge in [0, 0.05) is 18.5 Å². The van der Waals surface area contributed by atoms with Crippen LogP contribution >= 0.6 is 0 Å². The van der Waals surface area contributed by atoms with Crippen LogP contribution in [0.4, 0.5) is 0 Å². The van der Waals surface area contributed by atoms with E-state index < -0.39 is 16.9 Å². The summed E-state index contributed by atoms with van der Waals surface area (Å²) < 4.78 is 0. The highest BCUT2D eigenvalue weighted by atomic mass is 16.4. The number of rotatable bonds is 3. The molecule has 0 bridgehead atoms. The minimum atomic E-state index is -1.12. The lowest BCUT2D eigenvalue weighted by molar-refractivity contribution is -0.151. The van der Waals surface area contributed by atoms with Crippen molar-refractivity contribution in [2.75, 3.05) is 13.1 Å². The molecule has 1 aliphatic carbocycles. The minimum Gasteiger partial charge on any atom is -0.480 e. The Morgan fingerprint density at radius 1 is 1.08 bits per heavy atom. The average Bonchev–Trinajstić information content (AvgIpc) is 2.54. The number of nitrogens with one attached hydrogen (secondary N) is 1. The predicted molar refractivity (Wildman–Crippen MR) is 90.4 cm³/mol. The van der Waals surface area contributed by atoms with Crippen LogP contribution in [0.2, 0.25) is 0 Å². The Kier molecular flexibility index (Phi) is 5.56. The number of aliphatic carboxylic acids is 1. The fourth-order valence-corrected chi connectivity index (χ4v) is 3.74. The standard InChI is InChI=1S/C18H30N2O4/c1-17(2,3)15(22)20-11-7-8-13(12-20)14(21)19-18(16(23)24)9-5-4-6-10-18/h13H,4-12H2,1-3H3,(H,19,21)(H,23,24)/t13-/m0/s1. The van der Waals surface area contributed by atoms with E-state index in [0.717, 1.165) is 25.7 Å². The zero-order chi connectivity index (χ0) is 18.0. The normalized spacial score (nSPS) is 24.3. The molecule has 0 aromatic rings. The van der Waals surface area contributed by atoms with Gasteiger partial charge in [-0.3, -0.25) is 9.59 Å². The van der Waals surface area contributed by atoms with Crippen LogP contribution in [0.25, 0.3) is 0 Å². The highest BCUT2D eigenvalue weighted by Gasteiger charge is 2.43. The van der Waals surface area contributed by atoms with Gasteiger partial charge in [0.05, 0.1) is 5.92 Å². The van der Waals surface area contributed by atoms with Gasteiger partial charge in [0.15, 0.2) is 0 Å². The molecule has 2 rings (SSSR count). The maximum atomic E-state index is 12.7. The summed E-state index contributed by atoms with van der Waals surface area (Å²) >= 11 is 0. The second kappa shape index (κ2) is 7.11. The van der Waals surface area contributed by atoms with Crippen LogP contribution in [0.5, 0.6) is 0 Å². The van der Waals surface area contributed by atoms with Gasteiger partial charge in [-0.2, -0.15) is 0 Å². The van der Waals surface area contributed by atoms with E-state index in [1.54, 1.807) is 4.90 Å². The first-order valence-electron chi connectivity index (χ1n) is 9.00. The quantitative estimate of drug-likeness (QED) is 0.826. The van der Waals surface area contributed by atoms with Crippen LogP contribution in [0.1, 0.15) is 65.7 Å². The maximum absolute atomic E-state index is 12.7. The second-order valence-electron chi connectivity index (χ2n) is 8.28. The molecule has 1 saturated carbocycles. The number of likely N-dealkylation sites (tertiary alicyclic amines) is 1. The first kappa shape index (κ1) is 18.7. The SMILES string of the molecule is CC(C)(C)C(=O)N1CCC[C@H](C(=O)NC2(C(=O)O)CCCCC2)C1. The smallest absolute Gasteiger partial charge is 0.329 e. The molecular formula is C18H30N2O4. The van der Waals surface area contributed by atoms with E-state index in [1.807, 2.05) is 20.8 Å². The van der Waals surface area contributed by atoms with Crippen molar-refractivity contribution in [1.29, 1.82) is 0 Å². The summed E-state index contributed by atoms with van der Waals surface area (Å²) in [7, 11) is 0. The van der Waals surface area contributed by atoms with Crippen LogP contribution in [0, 0.1) is 11.3 Å². The van der Waals surface area contributed by atoms with Crippen molar-refractivity contribution in [2.24, 2.45) is 11.3 Å². The van der Waals surface area contributed by atoms with Crippen LogP contribution in [0.15, 0.2) is 0 Å². The minimum absolute atomic E-state index is 0.0469. The zero-order valence-corrected chi connectivity index (χ0v) is 15.1. The van der Waals surface area contributed by atoms with E-state index in [9.17, 15) is 19.5 Å². The number of carbonyl (C=O) groups is 3. The maximum Gasteiger partial charge on any atom is 0.329 e. The molecule has 6 nitrogen and oxygen atoms in total. The summed E-state index contributed by atoms with van der Waals surface area (Å²) in [5.41, 5.74) is -1.59. The van der Waals surface area contributed by atoms with E-state index >= 15 is 0 Å². The summed E-state index contributed by atoms with van der Waals surface area (Å²) in [5, 5.41) is 12.4. The summed E-state index contributed by atoms with van der Waals surface area (Å²) in [5.74, 6) is -1.42. The van der Waals surface area contributed by atoms with Gasteiger partial charge in [-0.05, 0) is 25.7 Å². The Bertz CT molecular complexity index is 504. The molecule has 1 aliphatic heterocycles. The third-order valence-corrected chi connectivity index (χ3v) is 5.20. The van der Waals surface area contributed by atoms with E-state index in [2.05, 4.69) is 5.32 Å². The second-order valence-corrected chi connectivity index (χ2v) is 8.28. The fraction of sp³-hybridized carbons (Fsp3) is 0.833. The van der Waals surface area contributed by atoms with E-state index in [-0.39, 0.29) is 17.7 Å². The Labute approximate surface area is 144 Å². The summed E-state index contributed by atoms with van der Waals surface area (Å²) in [6.45, 7) is 6.68. The predicted octanol–water partition coefficient (Wildman–Crippen LogP) is 2.17. The molecule has 2 fully saturated rings. The topological polar surface area (TPSA) is 86.7 Å². The number of nitrogens with zero attached hydrogens (tertiary/aromatic N) is 1. The van der Waals surface area contributed by atoms with Crippen molar-refractivity contribution in [2.45, 2.75) is 71.3 Å². The molecule has 136 valence electrons. The van der Waals surface area contributed by atoms with Gasteiger partial charge in [-0.15, -0.1) is 0 Å². The van der Waals surface area contributed by atoms with Crippen molar-refractivity contribution in [3.05, 3.63) is 0 Å². The van der Waals surface area contributed by atoms with Crippen LogP contribution in [0.3, 0.4) is 0 Å². The molecule has 2 amide bonds. The monoisotopic (exact) mass is 338 g/mol. The molecule has 24 heavy (non-hydrogen) atoms. The molecule has 0 radical (unpaired) electrons. The van der Waals surface area contributed by atoms with Crippen LogP contribution in [-0.2, 0) is 14.4 Å². The lowest BCUT2D eigenvalue weighted by atomic mass is 9.81. The largest absolute Gasteiger partial charge is 0.480 e. The summed E-state index contributed by atoms with van der Waals surface area (Å²) in [6.07, 6.45) is 5.13. The van der Waals surface area contributed by atoms with Crippen molar-refractivity contribution in [3.63, 3.8) is 0 Å². The fourth-order valence-electron chi connectivity index (χ4n) is 3.74. The third kappa shape index (κ3) is 4.08. The van der Waals surface area contributed by atoms with Crippen LogP contribution < -0.4 is 5.32 Å². The lowest BCUT2D eigenvalue weighted by Crippen LogP contribution is -2.58. The molecular weight excluding hydrogens is 308 g/mol. The molecule has 1 heterocycles. The summed E-state index contributed by atoms with van der Waals surface area (Å²) in [6, 6.07) is 0. The van der Waals surface area contributed by atoms with Gasteiger partial charge in [0.1, 0.15) is 5.54 Å². The van der Waals surface area contributed by atoms with Gasteiger partial charge < -0.3 is 15.3 Å². The Hall–Kier alpha value is -1.59. The first-order valence-corrected chi connectivity index (χ1v) is 9.00. The van der Waals surface area contributed by atoms with Crippen molar-refractivity contribution in [3.8, 4) is 0 Å². The molecule has 6 heteroatoms. The molecule has 1 atom stereocenters. The van der Waals surface area contributed by atoms with E-state index in [4.69, 9.17) is 0 Å². The molecule has 2 aliphatic rings. The number of piperidine rings is 1. The molecule has 0 unspecified atom stereocenters. The van der Waals surface area contributed by atoms with Crippen molar-refractivity contribution < 1.29 is 19.5 Å². The van der Waals surface area contributed by atoms with E-state index in [0.29, 0.717) is 32.4 Å². The number of hydrogen-bond acceptors (Lipinski definition) is 3. The highest BCUT2D eigenvalue weighted by molar-refractivity contribution is 5.89. The van der Waals surface area contributed by atoms with Gasteiger partial charge in [-0.25, -0.2) is 4.79 Å². The number of carbonyl (C=O) groups excluding carboxylic acids is 2. The molecule has 0 aromatic carbocycles. The zero-order valence-electron chi connectivity index (χ0n) is 15.1. The molecule has 0 aromatic heterocycles. The first-order chi connectivity index (χ1) is 11.2. The van der Waals surface area contributed by atoms with Gasteiger partial charge in [0.2, 0.25) is 11.8 Å². The average molecular weight is 338 g/mol. The number of hydrogen-bond donors (Lipinski definition) is 2. The number of carboxylic acid groups (broad SMARTS) is 1. The number of carboxylic acids is 1. The molecule has 1 saturated heterocycles. The molecule has 0 spiro atoms. The Morgan fingerprint density at radius 2 is 1.71 bits per heavy atom. The van der Waals surface area contributed by atoms with Gasteiger partial charge >= 0.3 is 5.97 Å². The Morgan fingerprint density at radius 3 is 2.25 bits per heavy atom. The number of amides is 2. The van der Waals surface area contributed by atoms with Crippen LogP contribution in [-0.4, -0.2) is 46.4 Å². The van der Waals surface area contributed by atoms with Gasteiger partial charge in [-0.1, -0.05) is 40.0 Å². The van der Waals surface area contributed by atoms with Crippen molar-refractivity contribution >= 4 is 17.8 Å². The highest BCUT2D eigenvalue weighted by Crippen LogP contribution is 2.30. The third-order valence-electron chi connectivity index (χ3n) is 5.20. The molecule has 2 N–H and O–H groups in total. The van der Waals surface area contributed by atoms with E-state index in [1.165, 1.54) is 0 Å². The van der Waals surface area contributed by atoms with Gasteiger partial charge in [0.25, 0.3) is 0 Å².